The first kappa shape index (κ1) is 17.9. The van der Waals surface area contributed by atoms with E-state index in [1.807, 2.05) is 32.8 Å². The highest BCUT2D eigenvalue weighted by atomic mass is 32.2. The number of anilines is 1. The SMILES string of the molecule is CCCN(CCN(C)C)S(=O)(=O)c1cc(N)ccc1CC. The van der Waals surface area contributed by atoms with Crippen LogP contribution in [0.4, 0.5) is 5.69 Å². The van der Waals surface area contributed by atoms with E-state index in [0.29, 0.717) is 36.6 Å². The molecule has 0 unspecified atom stereocenters. The molecule has 0 aliphatic carbocycles. The van der Waals surface area contributed by atoms with Crippen molar-refractivity contribution in [1.82, 2.24) is 9.21 Å². The minimum absolute atomic E-state index is 0.345. The first-order chi connectivity index (χ1) is 9.82. The molecule has 0 saturated carbocycles. The quantitative estimate of drug-likeness (QED) is 0.743. The average molecular weight is 313 g/mol. The molecule has 0 spiro atoms. The molecular formula is C15H27N3O2S. The summed E-state index contributed by atoms with van der Waals surface area (Å²) in [5.74, 6) is 0. The van der Waals surface area contributed by atoms with E-state index < -0.39 is 10.0 Å². The molecule has 0 aliphatic heterocycles. The Morgan fingerprint density at radius 1 is 1.10 bits per heavy atom. The number of nitrogens with two attached hydrogens (primary N) is 1. The second kappa shape index (κ2) is 7.77. The fraction of sp³-hybridized carbons (Fsp3) is 0.600. The molecule has 0 atom stereocenters. The molecule has 0 heterocycles. The van der Waals surface area contributed by atoms with Crippen molar-refractivity contribution >= 4 is 15.7 Å². The van der Waals surface area contributed by atoms with E-state index in [-0.39, 0.29) is 0 Å². The Balaban J connectivity index is 3.18. The van der Waals surface area contributed by atoms with Crippen LogP contribution in [0, 0.1) is 0 Å². The summed E-state index contributed by atoms with van der Waals surface area (Å²) < 4.78 is 27.4. The molecule has 21 heavy (non-hydrogen) atoms. The number of nitrogens with zero attached hydrogens (tertiary/aromatic N) is 2. The van der Waals surface area contributed by atoms with Gasteiger partial charge < -0.3 is 10.6 Å². The Kier molecular flexibility index (Phi) is 6.64. The van der Waals surface area contributed by atoms with Crippen molar-refractivity contribution in [2.45, 2.75) is 31.6 Å². The Labute approximate surface area is 128 Å². The van der Waals surface area contributed by atoms with Gasteiger partial charge in [0.1, 0.15) is 0 Å². The van der Waals surface area contributed by atoms with Gasteiger partial charge in [0.05, 0.1) is 4.90 Å². The van der Waals surface area contributed by atoms with Gasteiger partial charge >= 0.3 is 0 Å². The Hall–Kier alpha value is -1.11. The molecule has 0 amide bonds. The van der Waals surface area contributed by atoms with Crippen molar-refractivity contribution in [2.75, 3.05) is 39.5 Å². The number of nitrogen functional groups attached to an aromatic ring is 1. The van der Waals surface area contributed by atoms with Crippen LogP contribution in [-0.2, 0) is 16.4 Å². The van der Waals surface area contributed by atoms with Crippen LogP contribution >= 0.6 is 0 Å². The largest absolute Gasteiger partial charge is 0.399 e. The van der Waals surface area contributed by atoms with Crippen LogP contribution in [-0.4, -0.2) is 51.4 Å². The molecule has 0 aromatic heterocycles. The van der Waals surface area contributed by atoms with Crippen molar-refractivity contribution in [3.8, 4) is 0 Å². The van der Waals surface area contributed by atoms with Gasteiger partial charge in [-0.2, -0.15) is 4.31 Å². The molecule has 0 bridgehead atoms. The maximum atomic E-state index is 12.9. The average Bonchev–Trinajstić information content (AvgIpc) is 2.43. The zero-order valence-electron chi connectivity index (χ0n) is 13.5. The lowest BCUT2D eigenvalue weighted by molar-refractivity contribution is 0.333. The van der Waals surface area contributed by atoms with Crippen molar-refractivity contribution in [1.29, 1.82) is 0 Å². The number of rotatable bonds is 8. The van der Waals surface area contributed by atoms with Gasteiger partial charge in [-0.3, -0.25) is 0 Å². The molecule has 120 valence electrons. The highest BCUT2D eigenvalue weighted by Gasteiger charge is 2.26. The number of likely N-dealkylation sites (N-methyl/N-ethyl adjacent to an activating group) is 1. The third-order valence-electron chi connectivity index (χ3n) is 3.36. The smallest absolute Gasteiger partial charge is 0.243 e. The van der Waals surface area contributed by atoms with Gasteiger partial charge in [-0.15, -0.1) is 0 Å². The van der Waals surface area contributed by atoms with Gasteiger partial charge in [-0.1, -0.05) is 19.9 Å². The lowest BCUT2D eigenvalue weighted by Gasteiger charge is -2.24. The van der Waals surface area contributed by atoms with Crippen LogP contribution in [0.15, 0.2) is 23.1 Å². The molecular weight excluding hydrogens is 286 g/mol. The molecule has 1 aromatic rings. The molecule has 1 aromatic carbocycles. The zero-order valence-corrected chi connectivity index (χ0v) is 14.3. The predicted molar refractivity (Wildman–Crippen MR) is 87.8 cm³/mol. The van der Waals surface area contributed by atoms with Gasteiger partial charge in [0.15, 0.2) is 0 Å². The van der Waals surface area contributed by atoms with Gasteiger partial charge in [-0.25, -0.2) is 8.42 Å². The van der Waals surface area contributed by atoms with E-state index >= 15 is 0 Å². The molecule has 6 heteroatoms. The minimum atomic E-state index is -3.50. The fourth-order valence-electron chi connectivity index (χ4n) is 2.16. The van der Waals surface area contributed by atoms with Crippen molar-refractivity contribution < 1.29 is 8.42 Å². The summed E-state index contributed by atoms with van der Waals surface area (Å²) >= 11 is 0. The van der Waals surface area contributed by atoms with E-state index in [4.69, 9.17) is 5.73 Å². The maximum Gasteiger partial charge on any atom is 0.243 e. The molecule has 5 nitrogen and oxygen atoms in total. The Morgan fingerprint density at radius 2 is 1.76 bits per heavy atom. The first-order valence-corrected chi connectivity index (χ1v) is 8.80. The molecule has 0 saturated heterocycles. The van der Waals surface area contributed by atoms with Gasteiger partial charge in [0, 0.05) is 25.3 Å². The normalized spacial score (nSPS) is 12.3. The van der Waals surface area contributed by atoms with Crippen molar-refractivity contribution in [3.63, 3.8) is 0 Å². The minimum Gasteiger partial charge on any atom is -0.399 e. The summed E-state index contributed by atoms with van der Waals surface area (Å²) in [4.78, 5) is 2.33. The molecule has 2 N–H and O–H groups in total. The van der Waals surface area contributed by atoms with Gasteiger partial charge in [0.25, 0.3) is 0 Å². The Bertz CT molecular complexity index is 556. The summed E-state index contributed by atoms with van der Waals surface area (Å²) in [6.45, 7) is 5.64. The van der Waals surface area contributed by atoms with E-state index in [1.54, 1.807) is 22.5 Å². The van der Waals surface area contributed by atoms with E-state index in [2.05, 4.69) is 0 Å². The Morgan fingerprint density at radius 3 is 2.29 bits per heavy atom. The molecule has 0 radical (unpaired) electrons. The van der Waals surface area contributed by atoms with Crippen LogP contribution in [0.25, 0.3) is 0 Å². The number of hydrogen-bond donors (Lipinski definition) is 1. The van der Waals surface area contributed by atoms with Crippen molar-refractivity contribution in [2.24, 2.45) is 0 Å². The molecule has 0 aliphatic rings. The number of benzene rings is 1. The van der Waals surface area contributed by atoms with Crippen LogP contribution in [0.3, 0.4) is 0 Å². The van der Waals surface area contributed by atoms with Crippen LogP contribution < -0.4 is 5.73 Å². The number of hydrogen-bond acceptors (Lipinski definition) is 4. The van der Waals surface area contributed by atoms with Gasteiger partial charge in [0.2, 0.25) is 10.0 Å². The highest BCUT2D eigenvalue weighted by Crippen LogP contribution is 2.23. The molecule has 1 rings (SSSR count). The number of sulfonamides is 1. The lowest BCUT2D eigenvalue weighted by Crippen LogP contribution is -2.37. The first-order valence-electron chi connectivity index (χ1n) is 7.36. The van der Waals surface area contributed by atoms with Crippen LogP contribution in [0.2, 0.25) is 0 Å². The summed E-state index contributed by atoms with van der Waals surface area (Å²) in [5, 5.41) is 0. The topological polar surface area (TPSA) is 66.6 Å². The summed E-state index contributed by atoms with van der Waals surface area (Å²) in [6.07, 6.45) is 1.46. The van der Waals surface area contributed by atoms with E-state index in [9.17, 15) is 8.42 Å². The highest BCUT2D eigenvalue weighted by molar-refractivity contribution is 7.89. The van der Waals surface area contributed by atoms with Crippen LogP contribution in [0.5, 0.6) is 0 Å². The summed E-state index contributed by atoms with van der Waals surface area (Å²) in [7, 11) is 0.381. The van der Waals surface area contributed by atoms with Gasteiger partial charge in [-0.05, 0) is 44.6 Å². The van der Waals surface area contributed by atoms with E-state index in [0.717, 1.165) is 12.0 Å². The fourth-order valence-corrected chi connectivity index (χ4v) is 4.01. The van der Waals surface area contributed by atoms with E-state index in [1.165, 1.54) is 0 Å². The molecule has 0 fully saturated rings. The summed E-state index contributed by atoms with van der Waals surface area (Å²) in [5.41, 5.74) is 7.08. The maximum absolute atomic E-state index is 12.9. The third kappa shape index (κ3) is 4.69. The monoisotopic (exact) mass is 313 g/mol. The second-order valence-corrected chi connectivity index (χ2v) is 7.33. The summed E-state index contributed by atoms with van der Waals surface area (Å²) in [6, 6.07) is 5.13. The number of aryl methyl sites for hydroxylation is 1. The lowest BCUT2D eigenvalue weighted by atomic mass is 10.1. The standard InChI is InChI=1S/C15H27N3O2S/c1-5-9-18(11-10-17(3)4)21(19,20)15-12-14(16)8-7-13(15)6-2/h7-8,12H,5-6,9-11,16H2,1-4H3. The van der Waals surface area contributed by atoms with Crippen molar-refractivity contribution in [3.05, 3.63) is 23.8 Å². The predicted octanol–water partition coefficient (Wildman–Crippen LogP) is 1.79. The van der Waals surface area contributed by atoms with Crippen LogP contribution in [0.1, 0.15) is 25.8 Å². The second-order valence-electron chi connectivity index (χ2n) is 5.43. The third-order valence-corrected chi connectivity index (χ3v) is 5.34. The zero-order chi connectivity index (χ0) is 16.0.